The molecule has 3 N–H and O–H groups in total. The third-order valence-corrected chi connectivity index (χ3v) is 4.23. The Morgan fingerprint density at radius 3 is 2.96 bits per heavy atom. The molecule has 3 heterocycles. The van der Waals surface area contributed by atoms with Crippen molar-refractivity contribution < 1.29 is 9.18 Å². The van der Waals surface area contributed by atoms with Gasteiger partial charge in [-0.3, -0.25) is 4.79 Å². The van der Waals surface area contributed by atoms with E-state index in [0.717, 1.165) is 5.56 Å². The Bertz CT molecular complexity index is 970. The lowest BCUT2D eigenvalue weighted by Gasteiger charge is -2.27. The second-order valence-corrected chi connectivity index (χ2v) is 5.87. The number of carbonyl (C=O) groups is 1. The van der Waals surface area contributed by atoms with Crippen LogP contribution in [0.1, 0.15) is 33.4 Å². The second-order valence-electron chi connectivity index (χ2n) is 5.87. The fraction of sp³-hybridized carbons (Fsp3) is 0.176. The largest absolute Gasteiger partial charge is 0.368 e. The summed E-state index contributed by atoms with van der Waals surface area (Å²) in [5.41, 5.74) is 8.63. The van der Waals surface area contributed by atoms with E-state index < -0.39 is 0 Å². The summed E-state index contributed by atoms with van der Waals surface area (Å²) in [6, 6.07) is 5.79. The number of halogens is 1. The lowest BCUT2D eigenvalue weighted by Crippen LogP contribution is -2.37. The molecule has 0 saturated carbocycles. The Kier molecular flexibility index (Phi) is 3.45. The molecule has 0 saturated heterocycles. The molecule has 8 heteroatoms. The van der Waals surface area contributed by atoms with Gasteiger partial charge in [0.15, 0.2) is 0 Å². The Hall–Kier alpha value is -3.29. The van der Waals surface area contributed by atoms with E-state index in [-0.39, 0.29) is 23.7 Å². The van der Waals surface area contributed by atoms with Gasteiger partial charge in [-0.2, -0.15) is 5.10 Å². The van der Waals surface area contributed by atoms with Crippen LogP contribution in [0.4, 0.5) is 10.3 Å². The summed E-state index contributed by atoms with van der Waals surface area (Å²) in [4.78, 5) is 20.8. The molecule has 1 unspecified atom stereocenters. The number of nitrogens with zero attached hydrogens (tertiary/aromatic N) is 4. The highest BCUT2D eigenvalue weighted by molar-refractivity contribution is 5.97. The van der Waals surface area contributed by atoms with Crippen molar-refractivity contribution in [2.45, 2.75) is 19.4 Å². The maximum absolute atomic E-state index is 13.8. The number of hydrogen-bond acceptors (Lipinski definition) is 5. The molecule has 1 atom stereocenters. The van der Waals surface area contributed by atoms with Gasteiger partial charge in [-0.05, 0) is 25.1 Å². The number of nitrogens with one attached hydrogen (secondary N) is 1. The van der Waals surface area contributed by atoms with Gasteiger partial charge in [0, 0.05) is 24.4 Å². The molecule has 1 amide bonds. The van der Waals surface area contributed by atoms with Crippen molar-refractivity contribution in [3.63, 3.8) is 0 Å². The molecule has 1 aromatic carbocycles. The summed E-state index contributed by atoms with van der Waals surface area (Å²) in [5.74, 6) is -0.505. The molecule has 2 aromatic heterocycles. The number of amides is 1. The topological polar surface area (TPSA) is 98.7 Å². The third kappa shape index (κ3) is 2.61. The monoisotopic (exact) mass is 338 g/mol. The van der Waals surface area contributed by atoms with Crippen LogP contribution in [0.2, 0.25) is 0 Å². The Morgan fingerprint density at radius 1 is 1.36 bits per heavy atom. The summed E-state index contributed by atoms with van der Waals surface area (Å²) in [7, 11) is 0. The van der Waals surface area contributed by atoms with Crippen LogP contribution in [0.15, 0.2) is 36.7 Å². The lowest BCUT2D eigenvalue weighted by atomic mass is 9.93. The van der Waals surface area contributed by atoms with E-state index in [1.807, 2.05) is 0 Å². The molecular weight excluding hydrogens is 323 g/mol. The molecule has 1 aliphatic heterocycles. The van der Waals surface area contributed by atoms with E-state index in [1.165, 1.54) is 12.1 Å². The SMILES string of the molecule is Cc1nc(N)nc2c1C(=O)NC(c1ccc(F)cc1-n1cccn1)C2. The molecule has 0 radical (unpaired) electrons. The summed E-state index contributed by atoms with van der Waals surface area (Å²) in [6.07, 6.45) is 3.77. The number of hydrogen-bond donors (Lipinski definition) is 2. The van der Waals surface area contributed by atoms with Gasteiger partial charge in [0.2, 0.25) is 5.95 Å². The molecule has 7 nitrogen and oxygen atoms in total. The van der Waals surface area contributed by atoms with E-state index in [9.17, 15) is 9.18 Å². The zero-order valence-corrected chi connectivity index (χ0v) is 13.4. The van der Waals surface area contributed by atoms with Crippen molar-refractivity contribution in [1.29, 1.82) is 0 Å². The number of carbonyl (C=O) groups excluding carboxylic acids is 1. The minimum atomic E-state index is -0.376. The van der Waals surface area contributed by atoms with Crippen molar-refractivity contribution in [2.75, 3.05) is 5.73 Å². The number of aromatic nitrogens is 4. The summed E-state index contributed by atoms with van der Waals surface area (Å²) >= 11 is 0. The van der Waals surface area contributed by atoms with Gasteiger partial charge in [0.05, 0.1) is 28.7 Å². The van der Waals surface area contributed by atoms with Crippen LogP contribution in [0, 0.1) is 12.7 Å². The Morgan fingerprint density at radius 2 is 2.20 bits per heavy atom. The second kappa shape index (κ2) is 5.66. The fourth-order valence-electron chi connectivity index (χ4n) is 3.18. The van der Waals surface area contributed by atoms with Crippen molar-refractivity contribution in [1.82, 2.24) is 25.1 Å². The van der Waals surface area contributed by atoms with E-state index >= 15 is 0 Å². The van der Waals surface area contributed by atoms with Gasteiger partial charge >= 0.3 is 0 Å². The minimum absolute atomic E-state index is 0.135. The van der Waals surface area contributed by atoms with Gasteiger partial charge < -0.3 is 11.1 Å². The van der Waals surface area contributed by atoms with Crippen molar-refractivity contribution in [2.24, 2.45) is 0 Å². The van der Waals surface area contributed by atoms with Gasteiger partial charge in [-0.1, -0.05) is 6.07 Å². The molecule has 0 fully saturated rings. The lowest BCUT2D eigenvalue weighted by molar-refractivity contribution is 0.0922. The predicted octanol–water partition coefficient (Wildman–Crippen LogP) is 1.72. The van der Waals surface area contributed by atoms with Crippen LogP contribution in [-0.4, -0.2) is 25.7 Å². The fourth-order valence-corrected chi connectivity index (χ4v) is 3.18. The maximum atomic E-state index is 13.8. The van der Waals surface area contributed by atoms with Crippen LogP contribution in [0.5, 0.6) is 0 Å². The summed E-state index contributed by atoms with van der Waals surface area (Å²) in [5, 5.41) is 7.11. The summed E-state index contributed by atoms with van der Waals surface area (Å²) in [6.45, 7) is 1.73. The van der Waals surface area contributed by atoms with Gasteiger partial charge in [0.1, 0.15) is 5.82 Å². The van der Waals surface area contributed by atoms with Crippen LogP contribution in [0.25, 0.3) is 5.69 Å². The average Bonchev–Trinajstić information content (AvgIpc) is 3.07. The normalized spacial score (nSPS) is 16.4. The van der Waals surface area contributed by atoms with Crippen molar-refractivity contribution in [3.05, 3.63) is 65.0 Å². The molecule has 0 bridgehead atoms. The number of nitrogen functional groups attached to an aromatic ring is 1. The maximum Gasteiger partial charge on any atom is 0.255 e. The molecule has 1 aliphatic rings. The van der Waals surface area contributed by atoms with Crippen LogP contribution in [-0.2, 0) is 6.42 Å². The molecular formula is C17H15FN6O. The summed E-state index contributed by atoms with van der Waals surface area (Å²) < 4.78 is 15.3. The molecule has 25 heavy (non-hydrogen) atoms. The highest BCUT2D eigenvalue weighted by atomic mass is 19.1. The Balaban J connectivity index is 1.81. The van der Waals surface area contributed by atoms with Gasteiger partial charge in [-0.25, -0.2) is 19.0 Å². The zero-order chi connectivity index (χ0) is 17.6. The van der Waals surface area contributed by atoms with E-state index in [4.69, 9.17) is 5.73 Å². The average molecular weight is 338 g/mol. The third-order valence-electron chi connectivity index (χ3n) is 4.23. The van der Waals surface area contributed by atoms with Gasteiger partial charge in [0.25, 0.3) is 5.91 Å². The zero-order valence-electron chi connectivity index (χ0n) is 13.4. The van der Waals surface area contributed by atoms with Crippen LogP contribution >= 0.6 is 0 Å². The number of rotatable bonds is 2. The number of nitrogens with two attached hydrogens (primary N) is 1. The number of benzene rings is 1. The van der Waals surface area contributed by atoms with Crippen molar-refractivity contribution in [3.8, 4) is 5.69 Å². The highest BCUT2D eigenvalue weighted by Gasteiger charge is 2.30. The Labute approximate surface area is 142 Å². The standard InChI is InChI=1S/C17H15FN6O/c1-9-15-13(23-17(19)21-9)8-12(22-16(15)25)11-4-3-10(18)7-14(11)24-6-2-5-20-24/h2-7,12H,8H2,1H3,(H,22,25)(H2,19,21,23). The molecule has 3 aromatic rings. The van der Waals surface area contributed by atoms with Crippen LogP contribution in [0.3, 0.4) is 0 Å². The molecule has 126 valence electrons. The van der Waals surface area contributed by atoms with E-state index in [1.54, 1.807) is 36.1 Å². The highest BCUT2D eigenvalue weighted by Crippen LogP contribution is 2.30. The minimum Gasteiger partial charge on any atom is -0.368 e. The first-order valence-electron chi connectivity index (χ1n) is 7.76. The first-order valence-corrected chi connectivity index (χ1v) is 7.76. The molecule has 0 spiro atoms. The first-order chi connectivity index (χ1) is 12.0. The first kappa shape index (κ1) is 15.3. The van der Waals surface area contributed by atoms with Crippen LogP contribution < -0.4 is 11.1 Å². The number of aryl methyl sites for hydroxylation is 1. The predicted molar refractivity (Wildman–Crippen MR) is 88.6 cm³/mol. The number of anilines is 1. The van der Waals surface area contributed by atoms with E-state index in [0.29, 0.717) is 29.1 Å². The van der Waals surface area contributed by atoms with Crippen molar-refractivity contribution >= 4 is 11.9 Å². The van der Waals surface area contributed by atoms with E-state index in [2.05, 4.69) is 20.4 Å². The quantitative estimate of drug-likeness (QED) is 0.741. The molecule has 4 rings (SSSR count). The van der Waals surface area contributed by atoms with Gasteiger partial charge in [-0.15, -0.1) is 0 Å². The number of fused-ring (bicyclic) bond motifs is 1. The molecule has 0 aliphatic carbocycles. The smallest absolute Gasteiger partial charge is 0.255 e.